The molecule has 0 atom stereocenters. The molecule has 0 aliphatic rings. The molecule has 0 spiro atoms. The van der Waals surface area contributed by atoms with Crippen molar-refractivity contribution in [2.75, 3.05) is 0 Å². The van der Waals surface area contributed by atoms with Gasteiger partial charge in [0.05, 0.1) is 5.56 Å². The summed E-state index contributed by atoms with van der Waals surface area (Å²) >= 11 is 0. The first kappa shape index (κ1) is 10.3. The van der Waals surface area contributed by atoms with Gasteiger partial charge in [-0.25, -0.2) is 18.6 Å². The quantitative estimate of drug-likeness (QED) is 0.851. The van der Waals surface area contributed by atoms with Crippen LogP contribution in [0.3, 0.4) is 0 Å². The van der Waals surface area contributed by atoms with Crippen LogP contribution in [-0.4, -0.2) is 16.1 Å². The van der Waals surface area contributed by atoms with E-state index < -0.39 is 23.3 Å². The number of nitrogens with zero attached hydrogens (tertiary/aromatic N) is 1. The maximum Gasteiger partial charge on any atom is 0.358 e. The molecule has 0 unspecified atom stereocenters. The third-order valence-electron chi connectivity index (χ3n) is 1.97. The van der Waals surface area contributed by atoms with E-state index in [1.165, 1.54) is 12.1 Å². The van der Waals surface area contributed by atoms with Gasteiger partial charge in [0.2, 0.25) is 0 Å². The predicted octanol–water partition coefficient (Wildman–Crippen LogP) is 2.32. The fourth-order valence-electron chi connectivity index (χ4n) is 1.27. The Morgan fingerprint density at radius 3 is 2.81 bits per heavy atom. The Kier molecular flexibility index (Phi) is 2.40. The lowest BCUT2D eigenvalue weighted by atomic mass is 10.1. The summed E-state index contributed by atoms with van der Waals surface area (Å²) in [5.74, 6) is -3.91. The zero-order valence-electron chi connectivity index (χ0n) is 7.78. The molecule has 1 aromatic carbocycles. The maximum absolute atomic E-state index is 13.4. The first-order valence-corrected chi connectivity index (χ1v) is 4.22. The molecular weight excluding hydrogens is 220 g/mol. The Labute approximate surface area is 88.2 Å². The molecule has 1 heterocycles. The van der Waals surface area contributed by atoms with Gasteiger partial charge in [0.15, 0.2) is 29.5 Å². The third kappa shape index (κ3) is 1.54. The van der Waals surface area contributed by atoms with Crippen molar-refractivity contribution < 1.29 is 23.1 Å². The number of hydrogen-bond acceptors (Lipinski definition) is 3. The summed E-state index contributed by atoms with van der Waals surface area (Å²) in [5, 5.41) is 8.74. The van der Waals surface area contributed by atoms with Gasteiger partial charge in [-0.15, -0.1) is 0 Å². The van der Waals surface area contributed by atoms with E-state index in [2.05, 4.69) is 4.98 Å². The van der Waals surface area contributed by atoms with Gasteiger partial charge < -0.3 is 9.52 Å². The molecule has 0 saturated carbocycles. The van der Waals surface area contributed by atoms with Crippen LogP contribution < -0.4 is 0 Å². The molecule has 82 valence electrons. The first-order valence-electron chi connectivity index (χ1n) is 4.22. The predicted molar refractivity (Wildman–Crippen MR) is 48.8 cm³/mol. The highest BCUT2D eigenvalue weighted by atomic mass is 19.2. The summed E-state index contributed by atoms with van der Waals surface area (Å²) in [5.41, 5.74) is -0.723. The van der Waals surface area contributed by atoms with Crippen molar-refractivity contribution >= 4 is 5.97 Å². The maximum atomic E-state index is 13.4. The van der Waals surface area contributed by atoms with Crippen molar-refractivity contribution in [1.82, 2.24) is 4.98 Å². The van der Waals surface area contributed by atoms with E-state index in [0.717, 1.165) is 12.5 Å². The fourth-order valence-corrected chi connectivity index (χ4v) is 1.27. The van der Waals surface area contributed by atoms with Gasteiger partial charge in [0.1, 0.15) is 0 Å². The standard InChI is InChI=1S/C10H5F2NO3/c11-6-3-1-2-5(7(6)12)9-8(10(14)15)13-4-16-9/h1-4H,(H,14,15). The van der Waals surface area contributed by atoms with E-state index in [-0.39, 0.29) is 11.3 Å². The summed E-state index contributed by atoms with van der Waals surface area (Å²) in [7, 11) is 0. The van der Waals surface area contributed by atoms with Crippen LogP contribution in [0.25, 0.3) is 11.3 Å². The topological polar surface area (TPSA) is 63.3 Å². The average molecular weight is 225 g/mol. The van der Waals surface area contributed by atoms with Gasteiger partial charge in [-0.05, 0) is 12.1 Å². The van der Waals surface area contributed by atoms with Crippen LogP contribution in [0, 0.1) is 11.6 Å². The summed E-state index contributed by atoms with van der Waals surface area (Å²) in [4.78, 5) is 14.1. The normalized spacial score (nSPS) is 10.4. The van der Waals surface area contributed by atoms with Crippen molar-refractivity contribution in [3.05, 3.63) is 41.9 Å². The number of benzene rings is 1. The van der Waals surface area contributed by atoms with E-state index in [1.807, 2.05) is 0 Å². The third-order valence-corrected chi connectivity index (χ3v) is 1.97. The van der Waals surface area contributed by atoms with E-state index in [1.54, 1.807) is 0 Å². The molecule has 0 aliphatic carbocycles. The van der Waals surface area contributed by atoms with E-state index in [4.69, 9.17) is 9.52 Å². The zero-order valence-corrected chi connectivity index (χ0v) is 7.78. The minimum absolute atomic E-state index is 0.269. The number of hydrogen-bond donors (Lipinski definition) is 1. The number of rotatable bonds is 2. The highest BCUT2D eigenvalue weighted by molar-refractivity contribution is 5.92. The SMILES string of the molecule is O=C(O)c1ncoc1-c1cccc(F)c1F. The van der Waals surface area contributed by atoms with Crippen LogP contribution in [0.2, 0.25) is 0 Å². The Morgan fingerprint density at radius 1 is 1.38 bits per heavy atom. The van der Waals surface area contributed by atoms with Crippen molar-refractivity contribution in [1.29, 1.82) is 0 Å². The van der Waals surface area contributed by atoms with Gasteiger partial charge in [0, 0.05) is 0 Å². The lowest BCUT2D eigenvalue weighted by molar-refractivity contribution is 0.0691. The van der Waals surface area contributed by atoms with Crippen LogP contribution in [0.4, 0.5) is 8.78 Å². The van der Waals surface area contributed by atoms with Crippen LogP contribution >= 0.6 is 0 Å². The van der Waals surface area contributed by atoms with E-state index in [9.17, 15) is 13.6 Å². The molecule has 0 radical (unpaired) electrons. The number of carboxylic acid groups (broad SMARTS) is 1. The van der Waals surface area contributed by atoms with E-state index >= 15 is 0 Å². The van der Waals surface area contributed by atoms with Gasteiger partial charge in [-0.2, -0.15) is 0 Å². The molecule has 0 bridgehead atoms. The lowest BCUT2D eigenvalue weighted by Crippen LogP contribution is -2.00. The van der Waals surface area contributed by atoms with Gasteiger partial charge in [0.25, 0.3) is 0 Å². The summed E-state index contributed by atoms with van der Waals surface area (Å²) in [6.07, 6.45) is 0.864. The average Bonchev–Trinajstić information content (AvgIpc) is 2.70. The highest BCUT2D eigenvalue weighted by Gasteiger charge is 2.21. The largest absolute Gasteiger partial charge is 0.476 e. The number of aromatic carboxylic acids is 1. The number of carboxylic acids is 1. The van der Waals surface area contributed by atoms with Gasteiger partial charge in [-0.3, -0.25) is 0 Å². The molecule has 0 fully saturated rings. The van der Waals surface area contributed by atoms with E-state index in [0.29, 0.717) is 0 Å². The lowest BCUT2D eigenvalue weighted by Gasteiger charge is -2.00. The minimum Gasteiger partial charge on any atom is -0.476 e. The van der Waals surface area contributed by atoms with Crippen molar-refractivity contribution in [2.24, 2.45) is 0 Å². The molecule has 16 heavy (non-hydrogen) atoms. The van der Waals surface area contributed by atoms with Crippen LogP contribution in [0.1, 0.15) is 10.5 Å². The molecule has 0 saturated heterocycles. The molecule has 1 N–H and O–H groups in total. The number of oxazole rings is 1. The Balaban J connectivity index is 2.63. The van der Waals surface area contributed by atoms with Crippen LogP contribution in [-0.2, 0) is 0 Å². The number of aromatic nitrogens is 1. The molecule has 4 nitrogen and oxygen atoms in total. The van der Waals surface area contributed by atoms with Crippen molar-refractivity contribution in [3.63, 3.8) is 0 Å². The zero-order chi connectivity index (χ0) is 11.7. The highest BCUT2D eigenvalue weighted by Crippen LogP contribution is 2.27. The summed E-state index contributed by atoms with van der Waals surface area (Å²) in [6, 6.07) is 3.39. The molecule has 2 aromatic rings. The minimum atomic E-state index is -1.37. The molecule has 6 heteroatoms. The van der Waals surface area contributed by atoms with Gasteiger partial charge >= 0.3 is 5.97 Å². The second-order valence-corrected chi connectivity index (χ2v) is 2.94. The van der Waals surface area contributed by atoms with Gasteiger partial charge in [-0.1, -0.05) is 6.07 Å². The second-order valence-electron chi connectivity index (χ2n) is 2.94. The first-order chi connectivity index (χ1) is 7.61. The smallest absolute Gasteiger partial charge is 0.358 e. The number of halogens is 2. The van der Waals surface area contributed by atoms with Crippen LogP contribution in [0.5, 0.6) is 0 Å². The monoisotopic (exact) mass is 225 g/mol. The second kappa shape index (κ2) is 3.73. The molecular formula is C10H5F2NO3. The summed E-state index contributed by atoms with van der Waals surface area (Å²) < 4.78 is 31.0. The van der Waals surface area contributed by atoms with Crippen LogP contribution in [0.15, 0.2) is 29.0 Å². The Bertz CT molecular complexity index is 551. The Morgan fingerprint density at radius 2 is 2.12 bits per heavy atom. The molecule has 0 aliphatic heterocycles. The van der Waals surface area contributed by atoms with Crippen molar-refractivity contribution in [2.45, 2.75) is 0 Å². The number of carbonyl (C=O) groups is 1. The Hall–Kier alpha value is -2.24. The molecule has 1 aromatic heterocycles. The summed E-state index contributed by atoms with van der Waals surface area (Å²) in [6.45, 7) is 0. The van der Waals surface area contributed by atoms with Crippen molar-refractivity contribution in [3.8, 4) is 11.3 Å². The molecule has 2 rings (SSSR count). The molecule has 0 amide bonds. The fraction of sp³-hybridized carbons (Fsp3) is 0.